The third-order valence-corrected chi connectivity index (χ3v) is 6.10. The number of likely N-dealkylation sites (tertiary alicyclic amines) is 1. The Kier molecular flexibility index (Phi) is 4.65. The summed E-state index contributed by atoms with van der Waals surface area (Å²) in [4.78, 5) is 30.1. The number of fused-ring (bicyclic) bond motifs is 1. The van der Waals surface area contributed by atoms with Crippen molar-refractivity contribution in [2.45, 2.75) is 32.2 Å². The highest BCUT2D eigenvalue weighted by Gasteiger charge is 2.35. The normalized spacial score (nSPS) is 15.4. The van der Waals surface area contributed by atoms with Gasteiger partial charge in [0, 0.05) is 28.6 Å². The fourth-order valence-corrected chi connectivity index (χ4v) is 4.28. The van der Waals surface area contributed by atoms with Crippen LogP contribution in [0.25, 0.3) is 27.8 Å². The van der Waals surface area contributed by atoms with E-state index in [0.717, 1.165) is 19.4 Å². The van der Waals surface area contributed by atoms with E-state index in [4.69, 9.17) is 0 Å². The number of H-pyrrole nitrogens is 1. The Morgan fingerprint density at radius 3 is 2.62 bits per heavy atom. The number of nitrogens with zero attached hydrogens (tertiary/aromatic N) is 4. The van der Waals surface area contributed by atoms with Crippen LogP contribution < -0.4 is 5.56 Å². The predicted octanol–water partition coefficient (Wildman–Crippen LogP) is 3.93. The Morgan fingerprint density at radius 1 is 1.12 bits per heavy atom. The molecule has 3 heterocycles. The van der Waals surface area contributed by atoms with E-state index in [2.05, 4.69) is 29.1 Å². The molecule has 2 aromatic carbocycles. The molecule has 2 aromatic heterocycles. The lowest BCUT2D eigenvalue weighted by Gasteiger charge is -2.31. The highest BCUT2D eigenvalue weighted by Crippen LogP contribution is 2.30. The Labute approximate surface area is 183 Å². The van der Waals surface area contributed by atoms with Gasteiger partial charge in [-0.25, -0.2) is 9.07 Å². The van der Waals surface area contributed by atoms with Gasteiger partial charge >= 0.3 is 0 Å². The van der Waals surface area contributed by atoms with Gasteiger partial charge in [0.2, 0.25) is 0 Å². The van der Waals surface area contributed by atoms with Crippen LogP contribution in [0.2, 0.25) is 0 Å². The molecule has 1 fully saturated rings. The first-order valence-corrected chi connectivity index (χ1v) is 10.5. The Bertz CT molecular complexity index is 1390. The molecule has 0 unspecified atom stereocenters. The first kappa shape index (κ1) is 20.1. The lowest BCUT2D eigenvalue weighted by molar-refractivity contribution is 0.0652. The van der Waals surface area contributed by atoms with Gasteiger partial charge in [0.1, 0.15) is 11.5 Å². The van der Waals surface area contributed by atoms with Gasteiger partial charge in [0.15, 0.2) is 0 Å². The SMILES string of the molecule is CC1(C)CCCN1C(=O)c1ccc(-n2cc(-c3cc4cc(F)ccc4[nH]c3=O)nn2)cc1. The molecular weight excluding hydrogens is 409 g/mol. The van der Waals surface area contributed by atoms with Crippen molar-refractivity contribution in [3.63, 3.8) is 0 Å². The molecule has 32 heavy (non-hydrogen) atoms. The van der Waals surface area contributed by atoms with Crippen molar-refractivity contribution in [2.24, 2.45) is 0 Å². The zero-order chi connectivity index (χ0) is 22.5. The van der Waals surface area contributed by atoms with Crippen molar-refractivity contribution >= 4 is 16.8 Å². The summed E-state index contributed by atoms with van der Waals surface area (Å²) in [5, 5.41) is 8.81. The van der Waals surface area contributed by atoms with Crippen molar-refractivity contribution in [3.8, 4) is 16.9 Å². The molecule has 1 aliphatic rings. The molecule has 1 N–H and O–H groups in total. The van der Waals surface area contributed by atoms with Crippen LogP contribution in [-0.2, 0) is 0 Å². The highest BCUT2D eigenvalue weighted by molar-refractivity contribution is 5.95. The Hall–Kier alpha value is -3.81. The zero-order valence-corrected chi connectivity index (χ0v) is 17.8. The fraction of sp³-hybridized carbons (Fsp3) is 0.250. The number of pyridine rings is 1. The van der Waals surface area contributed by atoms with Crippen molar-refractivity contribution in [2.75, 3.05) is 6.54 Å². The van der Waals surface area contributed by atoms with Crippen LogP contribution in [0.15, 0.2) is 59.5 Å². The maximum Gasteiger partial charge on any atom is 0.258 e. The molecule has 1 aliphatic heterocycles. The number of carbonyl (C=O) groups is 1. The number of benzene rings is 2. The zero-order valence-electron chi connectivity index (χ0n) is 17.8. The molecule has 8 heteroatoms. The van der Waals surface area contributed by atoms with E-state index >= 15 is 0 Å². The number of nitrogens with one attached hydrogen (secondary N) is 1. The average molecular weight is 431 g/mol. The smallest absolute Gasteiger partial charge is 0.258 e. The summed E-state index contributed by atoms with van der Waals surface area (Å²) in [7, 11) is 0. The van der Waals surface area contributed by atoms with E-state index in [1.807, 2.05) is 4.90 Å². The minimum Gasteiger partial charge on any atom is -0.334 e. The summed E-state index contributed by atoms with van der Waals surface area (Å²) in [5.41, 5.74) is 2.10. The van der Waals surface area contributed by atoms with E-state index in [-0.39, 0.29) is 22.8 Å². The van der Waals surface area contributed by atoms with Crippen LogP contribution in [0.3, 0.4) is 0 Å². The molecule has 7 nitrogen and oxygen atoms in total. The Balaban J connectivity index is 1.43. The quantitative estimate of drug-likeness (QED) is 0.533. The van der Waals surface area contributed by atoms with Gasteiger partial charge in [-0.1, -0.05) is 5.21 Å². The molecule has 0 aliphatic carbocycles. The summed E-state index contributed by atoms with van der Waals surface area (Å²) in [5.74, 6) is -0.362. The number of hydrogen-bond donors (Lipinski definition) is 1. The van der Waals surface area contributed by atoms with E-state index < -0.39 is 0 Å². The minimum atomic E-state index is -0.383. The first-order chi connectivity index (χ1) is 15.3. The highest BCUT2D eigenvalue weighted by atomic mass is 19.1. The number of aromatic amines is 1. The predicted molar refractivity (Wildman–Crippen MR) is 119 cm³/mol. The second kappa shape index (κ2) is 7.40. The second-order valence-electron chi connectivity index (χ2n) is 8.71. The van der Waals surface area contributed by atoms with Crippen LogP contribution in [-0.4, -0.2) is 42.9 Å². The van der Waals surface area contributed by atoms with Gasteiger partial charge < -0.3 is 9.88 Å². The van der Waals surface area contributed by atoms with Crippen LogP contribution in [0.5, 0.6) is 0 Å². The van der Waals surface area contributed by atoms with Crippen LogP contribution in [0, 0.1) is 5.82 Å². The van der Waals surface area contributed by atoms with E-state index in [1.54, 1.807) is 41.2 Å². The second-order valence-corrected chi connectivity index (χ2v) is 8.71. The van der Waals surface area contributed by atoms with Crippen molar-refractivity contribution in [3.05, 3.63) is 76.5 Å². The third kappa shape index (κ3) is 3.47. The van der Waals surface area contributed by atoms with Crippen LogP contribution >= 0.6 is 0 Å². The first-order valence-electron chi connectivity index (χ1n) is 10.5. The number of halogens is 1. The van der Waals surface area contributed by atoms with E-state index in [0.29, 0.717) is 33.4 Å². The molecule has 1 amide bonds. The summed E-state index contributed by atoms with van der Waals surface area (Å²) in [6.45, 7) is 4.95. The number of hydrogen-bond acceptors (Lipinski definition) is 4. The molecule has 1 saturated heterocycles. The van der Waals surface area contributed by atoms with Crippen molar-refractivity contribution < 1.29 is 9.18 Å². The van der Waals surface area contributed by atoms with Crippen LogP contribution in [0.1, 0.15) is 37.0 Å². The summed E-state index contributed by atoms with van der Waals surface area (Å²) in [6, 6.07) is 12.9. The molecule has 0 bridgehead atoms. The van der Waals surface area contributed by atoms with Crippen molar-refractivity contribution in [1.82, 2.24) is 24.9 Å². The van der Waals surface area contributed by atoms with Gasteiger partial charge in [0.25, 0.3) is 11.5 Å². The molecule has 5 rings (SSSR count). The number of carbonyl (C=O) groups excluding carboxylic acids is 1. The molecule has 0 spiro atoms. The average Bonchev–Trinajstić information content (AvgIpc) is 3.39. The lowest BCUT2D eigenvalue weighted by Crippen LogP contribution is -2.42. The number of amides is 1. The minimum absolute atomic E-state index is 0.0215. The van der Waals surface area contributed by atoms with E-state index in [9.17, 15) is 14.0 Å². The fourth-order valence-electron chi connectivity index (χ4n) is 4.28. The molecule has 4 aromatic rings. The summed E-state index contributed by atoms with van der Waals surface area (Å²) in [6.07, 6.45) is 3.65. The van der Waals surface area contributed by atoms with Crippen LogP contribution in [0.4, 0.5) is 4.39 Å². The van der Waals surface area contributed by atoms with Gasteiger partial charge in [-0.15, -0.1) is 5.10 Å². The maximum atomic E-state index is 13.6. The van der Waals surface area contributed by atoms with Gasteiger partial charge in [-0.05, 0) is 75.2 Å². The van der Waals surface area contributed by atoms with Crippen molar-refractivity contribution in [1.29, 1.82) is 0 Å². The van der Waals surface area contributed by atoms with Gasteiger partial charge in [-0.3, -0.25) is 9.59 Å². The number of aromatic nitrogens is 4. The van der Waals surface area contributed by atoms with Gasteiger partial charge in [-0.2, -0.15) is 0 Å². The third-order valence-electron chi connectivity index (χ3n) is 6.10. The lowest BCUT2D eigenvalue weighted by atomic mass is 10.0. The van der Waals surface area contributed by atoms with Gasteiger partial charge in [0.05, 0.1) is 17.4 Å². The molecule has 0 radical (unpaired) electrons. The molecule has 0 saturated carbocycles. The monoisotopic (exact) mass is 431 g/mol. The molecule has 162 valence electrons. The summed E-state index contributed by atoms with van der Waals surface area (Å²) >= 11 is 0. The molecular formula is C24H22FN5O2. The Morgan fingerprint density at radius 2 is 1.91 bits per heavy atom. The maximum absolute atomic E-state index is 13.6. The van der Waals surface area contributed by atoms with E-state index in [1.165, 1.54) is 18.2 Å². The summed E-state index contributed by atoms with van der Waals surface area (Å²) < 4.78 is 15.1. The largest absolute Gasteiger partial charge is 0.334 e. The standard InChI is InChI=1S/C24H22FN5O2/c1-24(2)10-3-11-29(24)23(32)15-4-7-18(8-5-15)30-14-21(27-28-30)19-13-16-12-17(25)6-9-20(16)26-22(19)31/h4-9,12-14H,3,10-11H2,1-2H3,(H,26,31). The molecule has 0 atom stereocenters. The number of rotatable bonds is 3. The topological polar surface area (TPSA) is 83.9 Å².